The summed E-state index contributed by atoms with van der Waals surface area (Å²) in [6.07, 6.45) is 0.149. The van der Waals surface area contributed by atoms with Gasteiger partial charge >= 0.3 is 5.97 Å². The van der Waals surface area contributed by atoms with Gasteiger partial charge in [0.05, 0.1) is 19.8 Å². The molecule has 4 nitrogen and oxygen atoms in total. The largest absolute Gasteiger partial charge is 0.468 e. The molecule has 14 heavy (non-hydrogen) atoms. The van der Waals surface area contributed by atoms with Crippen molar-refractivity contribution in [2.45, 2.75) is 32.9 Å². The Morgan fingerprint density at radius 3 is 2.29 bits per heavy atom. The SMILES string of the molecule is CNC(COC(C)C(C)C)C(=O)OC. The third-order valence-electron chi connectivity index (χ3n) is 2.30. The van der Waals surface area contributed by atoms with Crippen molar-refractivity contribution in [3.63, 3.8) is 0 Å². The van der Waals surface area contributed by atoms with E-state index in [0.29, 0.717) is 12.5 Å². The average Bonchev–Trinajstić information content (AvgIpc) is 2.17. The number of nitrogens with one attached hydrogen (secondary N) is 1. The van der Waals surface area contributed by atoms with E-state index in [0.717, 1.165) is 0 Å². The lowest BCUT2D eigenvalue weighted by Crippen LogP contribution is -2.40. The quantitative estimate of drug-likeness (QED) is 0.649. The van der Waals surface area contributed by atoms with Crippen LogP contribution >= 0.6 is 0 Å². The summed E-state index contributed by atoms with van der Waals surface area (Å²) in [5.74, 6) is 0.161. The minimum atomic E-state index is -0.374. The van der Waals surface area contributed by atoms with Gasteiger partial charge in [-0.15, -0.1) is 0 Å². The van der Waals surface area contributed by atoms with Gasteiger partial charge in [0.25, 0.3) is 0 Å². The Kier molecular flexibility index (Phi) is 6.49. The summed E-state index contributed by atoms with van der Waals surface area (Å²) < 4.78 is 10.1. The van der Waals surface area contributed by atoms with E-state index >= 15 is 0 Å². The van der Waals surface area contributed by atoms with Crippen molar-refractivity contribution in [3.8, 4) is 0 Å². The first-order chi connectivity index (χ1) is 6.52. The molecule has 2 atom stereocenters. The van der Waals surface area contributed by atoms with E-state index in [1.165, 1.54) is 7.11 Å². The summed E-state index contributed by atoms with van der Waals surface area (Å²) in [7, 11) is 3.09. The van der Waals surface area contributed by atoms with Crippen molar-refractivity contribution < 1.29 is 14.3 Å². The van der Waals surface area contributed by atoms with Gasteiger partial charge in [0, 0.05) is 0 Å². The highest BCUT2D eigenvalue weighted by molar-refractivity contribution is 5.75. The normalized spacial score (nSPS) is 15.3. The molecule has 0 rings (SSSR count). The van der Waals surface area contributed by atoms with Gasteiger partial charge in [-0.2, -0.15) is 0 Å². The van der Waals surface area contributed by atoms with Crippen molar-refractivity contribution in [1.82, 2.24) is 5.32 Å². The molecule has 0 aliphatic rings. The highest BCUT2D eigenvalue weighted by Crippen LogP contribution is 2.05. The van der Waals surface area contributed by atoms with Crippen LogP contribution in [0.1, 0.15) is 20.8 Å². The third kappa shape index (κ3) is 4.58. The number of methoxy groups -OCH3 is 1. The second kappa shape index (κ2) is 6.79. The van der Waals surface area contributed by atoms with Crippen LogP contribution in [-0.4, -0.2) is 38.9 Å². The van der Waals surface area contributed by atoms with Crippen molar-refractivity contribution in [1.29, 1.82) is 0 Å². The summed E-state index contributed by atoms with van der Waals surface area (Å²) >= 11 is 0. The predicted molar refractivity (Wildman–Crippen MR) is 55.1 cm³/mol. The summed E-state index contributed by atoms with van der Waals surface area (Å²) in [6.45, 7) is 6.51. The van der Waals surface area contributed by atoms with Crippen molar-refractivity contribution in [2.24, 2.45) is 5.92 Å². The van der Waals surface area contributed by atoms with Crippen molar-refractivity contribution in [2.75, 3.05) is 20.8 Å². The number of rotatable bonds is 6. The van der Waals surface area contributed by atoms with E-state index in [1.807, 2.05) is 6.92 Å². The molecule has 0 aromatic rings. The van der Waals surface area contributed by atoms with E-state index in [-0.39, 0.29) is 18.1 Å². The fourth-order valence-corrected chi connectivity index (χ4v) is 0.852. The lowest BCUT2D eigenvalue weighted by Gasteiger charge is -2.20. The van der Waals surface area contributed by atoms with Gasteiger partial charge in [0.2, 0.25) is 0 Å². The zero-order valence-electron chi connectivity index (χ0n) is 9.66. The summed E-state index contributed by atoms with van der Waals surface area (Å²) in [6, 6.07) is -0.374. The first kappa shape index (κ1) is 13.4. The van der Waals surface area contributed by atoms with Crippen LogP contribution in [0, 0.1) is 5.92 Å². The molecule has 84 valence electrons. The van der Waals surface area contributed by atoms with Crippen LogP contribution in [0.25, 0.3) is 0 Å². The molecule has 4 heteroatoms. The second-order valence-electron chi connectivity index (χ2n) is 3.65. The van der Waals surface area contributed by atoms with Gasteiger partial charge in [0.1, 0.15) is 6.04 Å². The molecule has 0 aliphatic heterocycles. The van der Waals surface area contributed by atoms with Crippen molar-refractivity contribution >= 4 is 5.97 Å². The van der Waals surface area contributed by atoms with E-state index in [2.05, 4.69) is 23.9 Å². The minimum absolute atomic E-state index is 0.149. The van der Waals surface area contributed by atoms with Crippen LogP contribution in [0.15, 0.2) is 0 Å². The molecular weight excluding hydrogens is 182 g/mol. The molecule has 1 N–H and O–H groups in total. The highest BCUT2D eigenvalue weighted by Gasteiger charge is 2.18. The van der Waals surface area contributed by atoms with Crippen molar-refractivity contribution in [3.05, 3.63) is 0 Å². The standard InChI is InChI=1S/C10H21NO3/c1-7(2)8(3)14-6-9(11-4)10(12)13-5/h7-9,11H,6H2,1-5H3. The van der Waals surface area contributed by atoms with Gasteiger partial charge in [-0.1, -0.05) is 13.8 Å². The molecule has 0 fully saturated rings. The smallest absolute Gasteiger partial charge is 0.325 e. The maximum Gasteiger partial charge on any atom is 0.325 e. The summed E-state index contributed by atoms with van der Waals surface area (Å²) in [4.78, 5) is 11.2. The average molecular weight is 203 g/mol. The number of esters is 1. The highest BCUT2D eigenvalue weighted by atomic mass is 16.5. The van der Waals surface area contributed by atoms with Crippen LogP contribution < -0.4 is 5.32 Å². The topological polar surface area (TPSA) is 47.6 Å². The van der Waals surface area contributed by atoms with E-state index < -0.39 is 0 Å². The van der Waals surface area contributed by atoms with Gasteiger partial charge in [-0.05, 0) is 19.9 Å². The van der Waals surface area contributed by atoms with Crippen LogP contribution in [0.2, 0.25) is 0 Å². The Morgan fingerprint density at radius 2 is 1.93 bits per heavy atom. The van der Waals surface area contributed by atoms with Crippen LogP contribution in [0.5, 0.6) is 0 Å². The molecule has 0 aromatic carbocycles. The Balaban J connectivity index is 3.89. The molecule has 0 spiro atoms. The molecule has 0 heterocycles. The number of ether oxygens (including phenoxy) is 2. The fourth-order valence-electron chi connectivity index (χ4n) is 0.852. The molecule has 0 amide bonds. The third-order valence-corrected chi connectivity index (χ3v) is 2.30. The predicted octanol–water partition coefficient (Wildman–Crippen LogP) is 0.808. The molecule has 0 aromatic heterocycles. The summed E-state index contributed by atoms with van der Waals surface area (Å²) in [5, 5.41) is 2.85. The molecule has 0 saturated carbocycles. The number of likely N-dealkylation sites (N-methyl/N-ethyl adjacent to an activating group) is 1. The maximum absolute atomic E-state index is 11.2. The Morgan fingerprint density at radius 1 is 1.36 bits per heavy atom. The van der Waals surface area contributed by atoms with Gasteiger partial charge in [-0.25, -0.2) is 0 Å². The second-order valence-corrected chi connectivity index (χ2v) is 3.65. The first-order valence-electron chi connectivity index (χ1n) is 4.89. The maximum atomic E-state index is 11.2. The Hall–Kier alpha value is -0.610. The minimum Gasteiger partial charge on any atom is -0.468 e. The Bertz CT molecular complexity index is 171. The van der Waals surface area contributed by atoms with Crippen LogP contribution in [-0.2, 0) is 14.3 Å². The van der Waals surface area contributed by atoms with E-state index in [4.69, 9.17) is 4.74 Å². The molecule has 0 saturated heterocycles. The van der Waals surface area contributed by atoms with Gasteiger partial charge < -0.3 is 14.8 Å². The van der Waals surface area contributed by atoms with Crippen LogP contribution in [0.4, 0.5) is 0 Å². The molecule has 2 unspecified atom stereocenters. The van der Waals surface area contributed by atoms with Gasteiger partial charge in [-0.3, -0.25) is 4.79 Å². The zero-order chi connectivity index (χ0) is 11.1. The molecule has 0 radical (unpaired) electrons. The van der Waals surface area contributed by atoms with E-state index in [9.17, 15) is 4.79 Å². The van der Waals surface area contributed by atoms with E-state index in [1.54, 1.807) is 7.05 Å². The lowest BCUT2D eigenvalue weighted by atomic mass is 10.1. The zero-order valence-corrected chi connectivity index (χ0v) is 9.66. The van der Waals surface area contributed by atoms with Gasteiger partial charge in [0.15, 0.2) is 0 Å². The monoisotopic (exact) mass is 203 g/mol. The number of carbonyl (C=O) groups excluding carboxylic acids is 1. The number of hydrogen-bond donors (Lipinski definition) is 1. The Labute approximate surface area is 86.0 Å². The number of carbonyl (C=O) groups is 1. The lowest BCUT2D eigenvalue weighted by molar-refractivity contribution is -0.145. The molecular formula is C10H21NO3. The first-order valence-corrected chi connectivity index (χ1v) is 4.89. The number of hydrogen-bond acceptors (Lipinski definition) is 4. The van der Waals surface area contributed by atoms with Crippen LogP contribution in [0.3, 0.4) is 0 Å². The molecule has 0 aliphatic carbocycles. The fraction of sp³-hybridized carbons (Fsp3) is 0.900. The summed E-state index contributed by atoms with van der Waals surface area (Å²) in [5.41, 5.74) is 0. The molecule has 0 bridgehead atoms.